The predicted molar refractivity (Wildman–Crippen MR) is 70.8 cm³/mol. The van der Waals surface area contributed by atoms with E-state index in [4.69, 9.17) is 10.5 Å². The monoisotopic (exact) mass is 258 g/mol. The number of nitrogens with two attached hydrogens (primary N) is 1. The zero-order chi connectivity index (χ0) is 13.4. The van der Waals surface area contributed by atoms with Gasteiger partial charge in [0.05, 0.1) is 19.2 Å². The smallest absolute Gasteiger partial charge is 0.201 e. The number of methoxy groups -OCH3 is 1. The van der Waals surface area contributed by atoms with Crippen molar-refractivity contribution < 1.29 is 4.74 Å². The number of rotatable bonds is 3. The van der Waals surface area contributed by atoms with E-state index in [1.54, 1.807) is 18.1 Å². The number of hydrogen-bond acceptors (Lipinski definition) is 5. The van der Waals surface area contributed by atoms with Crippen molar-refractivity contribution in [1.82, 2.24) is 24.3 Å². The third kappa shape index (κ3) is 1.88. The van der Waals surface area contributed by atoms with Crippen molar-refractivity contribution in [3.05, 3.63) is 30.4 Å². The molecule has 7 heteroatoms. The van der Waals surface area contributed by atoms with Crippen LogP contribution in [-0.4, -0.2) is 31.4 Å². The van der Waals surface area contributed by atoms with Crippen molar-refractivity contribution in [2.24, 2.45) is 7.05 Å². The van der Waals surface area contributed by atoms with Crippen LogP contribution in [0.3, 0.4) is 0 Å². The van der Waals surface area contributed by atoms with Gasteiger partial charge in [0.15, 0.2) is 5.82 Å². The first-order chi connectivity index (χ1) is 9.19. The van der Waals surface area contributed by atoms with Crippen LogP contribution in [-0.2, 0) is 13.6 Å². The minimum absolute atomic E-state index is 0.423. The molecule has 2 aromatic heterocycles. The molecular weight excluding hydrogens is 244 g/mol. The highest BCUT2D eigenvalue weighted by Gasteiger charge is 2.13. The van der Waals surface area contributed by atoms with E-state index < -0.39 is 0 Å². The average Bonchev–Trinajstić information content (AvgIpc) is 2.94. The van der Waals surface area contributed by atoms with Crippen LogP contribution in [0.5, 0.6) is 5.75 Å². The van der Waals surface area contributed by atoms with Crippen molar-refractivity contribution in [2.45, 2.75) is 6.54 Å². The lowest BCUT2D eigenvalue weighted by molar-refractivity contribution is 0.419. The van der Waals surface area contributed by atoms with Crippen LogP contribution < -0.4 is 10.5 Å². The fraction of sp³-hybridized carbons (Fsp3) is 0.250. The van der Waals surface area contributed by atoms with E-state index >= 15 is 0 Å². The third-order valence-electron chi connectivity index (χ3n) is 2.94. The Morgan fingerprint density at radius 1 is 1.37 bits per heavy atom. The molecule has 3 rings (SSSR count). The van der Waals surface area contributed by atoms with Gasteiger partial charge in [-0.1, -0.05) is 6.07 Å². The molecule has 7 nitrogen and oxygen atoms in total. The van der Waals surface area contributed by atoms with E-state index in [0.29, 0.717) is 24.1 Å². The van der Waals surface area contributed by atoms with Gasteiger partial charge in [-0.3, -0.25) is 4.68 Å². The molecule has 0 saturated carbocycles. The number of hydrogen-bond donors (Lipinski definition) is 1. The summed E-state index contributed by atoms with van der Waals surface area (Å²) in [7, 11) is 3.44. The Bertz CT molecular complexity index is 729. The molecule has 2 N–H and O–H groups in total. The van der Waals surface area contributed by atoms with Gasteiger partial charge in [0, 0.05) is 7.05 Å². The highest BCUT2D eigenvalue weighted by molar-refractivity contribution is 5.84. The zero-order valence-corrected chi connectivity index (χ0v) is 10.7. The summed E-state index contributed by atoms with van der Waals surface area (Å²) in [4.78, 5) is 8.54. The van der Waals surface area contributed by atoms with Gasteiger partial charge in [-0.15, -0.1) is 0 Å². The van der Waals surface area contributed by atoms with E-state index in [1.165, 1.54) is 0 Å². The Morgan fingerprint density at radius 2 is 2.21 bits per heavy atom. The Balaban J connectivity index is 2.10. The first kappa shape index (κ1) is 11.5. The Kier molecular flexibility index (Phi) is 2.59. The quantitative estimate of drug-likeness (QED) is 0.751. The first-order valence-corrected chi connectivity index (χ1v) is 5.82. The van der Waals surface area contributed by atoms with Crippen LogP contribution in [0.2, 0.25) is 0 Å². The minimum Gasteiger partial charge on any atom is -0.494 e. The number of nitrogens with zero attached hydrogens (tertiary/aromatic N) is 5. The molecule has 0 radical (unpaired) electrons. The Morgan fingerprint density at radius 3 is 2.89 bits per heavy atom. The second kappa shape index (κ2) is 4.27. The van der Waals surface area contributed by atoms with E-state index in [0.717, 1.165) is 11.0 Å². The minimum atomic E-state index is 0.423. The first-order valence-electron chi connectivity index (χ1n) is 5.82. The van der Waals surface area contributed by atoms with Crippen LogP contribution in [0.15, 0.2) is 24.5 Å². The number of benzene rings is 1. The molecule has 0 saturated heterocycles. The maximum atomic E-state index is 5.97. The summed E-state index contributed by atoms with van der Waals surface area (Å²) in [5, 5.41) is 4.25. The van der Waals surface area contributed by atoms with E-state index in [9.17, 15) is 0 Å². The molecule has 0 amide bonds. The van der Waals surface area contributed by atoms with Gasteiger partial charge >= 0.3 is 0 Å². The van der Waals surface area contributed by atoms with Gasteiger partial charge in [-0.25, -0.2) is 9.97 Å². The summed E-state index contributed by atoms with van der Waals surface area (Å²) in [6.07, 6.45) is 1.66. The fourth-order valence-corrected chi connectivity index (χ4v) is 2.07. The summed E-state index contributed by atoms with van der Waals surface area (Å²) < 4.78 is 8.81. The molecule has 0 atom stereocenters. The van der Waals surface area contributed by atoms with Crippen LogP contribution >= 0.6 is 0 Å². The largest absolute Gasteiger partial charge is 0.494 e. The fourth-order valence-electron chi connectivity index (χ4n) is 2.07. The second-order valence-electron chi connectivity index (χ2n) is 4.22. The molecule has 0 unspecified atom stereocenters. The van der Waals surface area contributed by atoms with Gasteiger partial charge in [0.25, 0.3) is 0 Å². The number of aryl methyl sites for hydroxylation is 1. The lowest BCUT2D eigenvalue weighted by atomic mass is 10.3. The van der Waals surface area contributed by atoms with E-state index in [2.05, 4.69) is 15.1 Å². The van der Waals surface area contributed by atoms with E-state index in [1.807, 2.05) is 29.8 Å². The SMILES string of the molecule is COc1cccc2c1nc(N)n2Cc1ncn(C)n1. The van der Waals surface area contributed by atoms with Gasteiger partial charge in [0.1, 0.15) is 17.6 Å². The summed E-state index contributed by atoms with van der Waals surface area (Å²) >= 11 is 0. The van der Waals surface area contributed by atoms with Crippen molar-refractivity contribution in [3.63, 3.8) is 0 Å². The highest BCUT2D eigenvalue weighted by Crippen LogP contribution is 2.26. The summed E-state index contributed by atoms with van der Waals surface area (Å²) in [5.74, 6) is 1.82. The molecule has 0 bridgehead atoms. The van der Waals surface area contributed by atoms with Crippen LogP contribution in [0.25, 0.3) is 11.0 Å². The Hall–Kier alpha value is -2.57. The third-order valence-corrected chi connectivity index (χ3v) is 2.94. The van der Waals surface area contributed by atoms with Crippen molar-refractivity contribution in [3.8, 4) is 5.75 Å². The summed E-state index contributed by atoms with van der Waals surface area (Å²) in [5.41, 5.74) is 7.62. The second-order valence-corrected chi connectivity index (χ2v) is 4.22. The maximum Gasteiger partial charge on any atom is 0.201 e. The molecule has 0 aliphatic rings. The number of anilines is 1. The molecule has 3 aromatic rings. The summed E-state index contributed by atoms with van der Waals surface area (Å²) in [6.45, 7) is 0.482. The topological polar surface area (TPSA) is 83.8 Å². The van der Waals surface area contributed by atoms with Crippen molar-refractivity contribution in [2.75, 3.05) is 12.8 Å². The van der Waals surface area contributed by atoms with E-state index in [-0.39, 0.29) is 0 Å². The van der Waals surface area contributed by atoms with Gasteiger partial charge in [-0.05, 0) is 12.1 Å². The van der Waals surface area contributed by atoms with Gasteiger partial charge < -0.3 is 15.0 Å². The number of imidazole rings is 1. The van der Waals surface area contributed by atoms with Crippen LogP contribution in [0.4, 0.5) is 5.95 Å². The number of fused-ring (bicyclic) bond motifs is 1. The standard InChI is InChI=1S/C12H14N6O/c1-17-7-14-10(16-17)6-18-8-4-3-5-9(19-2)11(8)15-12(18)13/h3-5,7H,6H2,1-2H3,(H2,13,15). The molecule has 0 aliphatic heterocycles. The molecule has 0 spiro atoms. The molecule has 1 aromatic carbocycles. The molecule has 19 heavy (non-hydrogen) atoms. The number of ether oxygens (including phenoxy) is 1. The molecule has 0 fully saturated rings. The average molecular weight is 258 g/mol. The van der Waals surface area contributed by atoms with Crippen LogP contribution in [0.1, 0.15) is 5.82 Å². The number of nitrogen functional groups attached to an aromatic ring is 1. The lowest BCUT2D eigenvalue weighted by Crippen LogP contribution is -2.06. The van der Waals surface area contributed by atoms with Gasteiger partial charge in [0.2, 0.25) is 5.95 Å². The van der Waals surface area contributed by atoms with Gasteiger partial charge in [-0.2, -0.15) is 5.10 Å². The normalized spacial score (nSPS) is 11.1. The molecule has 0 aliphatic carbocycles. The number of para-hydroxylation sites is 1. The highest BCUT2D eigenvalue weighted by atomic mass is 16.5. The Labute approximate surface area is 109 Å². The zero-order valence-electron chi connectivity index (χ0n) is 10.7. The lowest BCUT2D eigenvalue weighted by Gasteiger charge is -2.04. The maximum absolute atomic E-state index is 5.97. The predicted octanol–water partition coefficient (Wildman–Crippen LogP) is 0.804. The van der Waals surface area contributed by atoms with Crippen molar-refractivity contribution >= 4 is 17.0 Å². The summed E-state index contributed by atoms with van der Waals surface area (Å²) in [6, 6.07) is 5.72. The molecular formula is C12H14N6O. The number of aromatic nitrogens is 5. The van der Waals surface area contributed by atoms with Crippen molar-refractivity contribution in [1.29, 1.82) is 0 Å². The molecule has 2 heterocycles. The molecule has 98 valence electrons. The van der Waals surface area contributed by atoms with Crippen LogP contribution in [0, 0.1) is 0 Å².